The summed E-state index contributed by atoms with van der Waals surface area (Å²) in [5, 5.41) is 3.13. The zero-order valence-electron chi connectivity index (χ0n) is 14.3. The van der Waals surface area contributed by atoms with E-state index in [1.807, 2.05) is 18.2 Å². The van der Waals surface area contributed by atoms with Crippen molar-refractivity contribution in [2.45, 2.75) is 25.7 Å². The van der Waals surface area contributed by atoms with Gasteiger partial charge in [0, 0.05) is 12.4 Å². The highest BCUT2D eigenvalue weighted by molar-refractivity contribution is 6.11. The smallest absolute Gasteiger partial charge is 0.227 e. The van der Waals surface area contributed by atoms with Gasteiger partial charge in [-0.2, -0.15) is 0 Å². The summed E-state index contributed by atoms with van der Waals surface area (Å²) in [5.41, 5.74) is 4.52. The fourth-order valence-corrected chi connectivity index (χ4v) is 3.34. The van der Waals surface area contributed by atoms with Crippen molar-refractivity contribution in [2.75, 3.05) is 13.8 Å². The Bertz CT molecular complexity index is 843. The summed E-state index contributed by atoms with van der Waals surface area (Å²) >= 11 is 0. The number of fused-ring (bicyclic) bond motifs is 1. The number of methoxy groups -OCH3 is 1. The minimum Gasteiger partial charge on any atom is -0.482 e. The Labute approximate surface area is 147 Å². The largest absolute Gasteiger partial charge is 0.482 e. The number of aromatic nitrogens is 1. The van der Waals surface area contributed by atoms with E-state index in [9.17, 15) is 0 Å². The number of nitrogens with one attached hydrogen (secondary N) is 1. The number of nitrogens with zero attached hydrogens (tertiary/aromatic N) is 2. The molecule has 0 saturated carbocycles. The maximum atomic E-state index is 6.13. The van der Waals surface area contributed by atoms with Crippen molar-refractivity contribution in [2.24, 2.45) is 4.99 Å². The highest BCUT2D eigenvalue weighted by atomic mass is 16.5. The molecule has 25 heavy (non-hydrogen) atoms. The van der Waals surface area contributed by atoms with E-state index in [2.05, 4.69) is 27.4 Å². The van der Waals surface area contributed by atoms with E-state index in [1.54, 1.807) is 19.5 Å². The van der Waals surface area contributed by atoms with Gasteiger partial charge in [0.1, 0.15) is 12.4 Å². The first-order chi connectivity index (χ1) is 12.3. The number of pyridine rings is 1. The van der Waals surface area contributed by atoms with Crippen LogP contribution in [0.5, 0.6) is 11.6 Å². The van der Waals surface area contributed by atoms with Gasteiger partial charge >= 0.3 is 0 Å². The van der Waals surface area contributed by atoms with E-state index in [4.69, 9.17) is 9.47 Å². The number of aryl methyl sites for hydroxylation is 2. The molecule has 0 atom stereocenters. The standard InChI is InChI=1S/C20H21N3O2/c1-24-19-18(12-21-13-23-19)17-7-4-10-22-20(17)25-16-9-8-14-5-2-3-6-15(14)11-16/h4,7-12,23H,2-3,5-6,13H2,1H3. The molecule has 0 unspecified atom stereocenters. The fraction of sp³-hybridized carbons (Fsp3) is 0.300. The lowest BCUT2D eigenvalue weighted by molar-refractivity contribution is 0.264. The van der Waals surface area contributed by atoms with Crippen LogP contribution < -0.4 is 10.1 Å². The average molecular weight is 335 g/mol. The molecule has 2 aromatic rings. The van der Waals surface area contributed by atoms with Crippen LogP contribution in [0.25, 0.3) is 5.57 Å². The molecular weight excluding hydrogens is 314 g/mol. The van der Waals surface area contributed by atoms with Gasteiger partial charge in [-0.15, -0.1) is 0 Å². The molecule has 0 fully saturated rings. The Kier molecular flexibility index (Phi) is 4.37. The van der Waals surface area contributed by atoms with Crippen LogP contribution in [-0.4, -0.2) is 25.0 Å². The predicted octanol–water partition coefficient (Wildman–Crippen LogP) is 3.70. The van der Waals surface area contributed by atoms with Crippen LogP contribution in [0.2, 0.25) is 0 Å². The molecule has 1 aromatic heterocycles. The Morgan fingerprint density at radius 1 is 1.08 bits per heavy atom. The second-order valence-electron chi connectivity index (χ2n) is 6.19. The second-order valence-corrected chi connectivity index (χ2v) is 6.19. The molecule has 0 bridgehead atoms. The van der Waals surface area contributed by atoms with Gasteiger partial charge < -0.3 is 14.8 Å². The molecule has 1 aromatic carbocycles. The van der Waals surface area contributed by atoms with Gasteiger partial charge in [0.15, 0.2) is 5.88 Å². The molecule has 0 saturated heterocycles. The van der Waals surface area contributed by atoms with Crippen molar-refractivity contribution in [3.8, 4) is 11.6 Å². The van der Waals surface area contributed by atoms with E-state index in [-0.39, 0.29) is 0 Å². The topological polar surface area (TPSA) is 55.7 Å². The van der Waals surface area contributed by atoms with E-state index in [1.165, 1.54) is 24.0 Å². The summed E-state index contributed by atoms with van der Waals surface area (Å²) in [5.74, 6) is 2.05. The van der Waals surface area contributed by atoms with Crippen molar-refractivity contribution < 1.29 is 9.47 Å². The second kappa shape index (κ2) is 6.97. The first-order valence-corrected chi connectivity index (χ1v) is 8.62. The summed E-state index contributed by atoms with van der Waals surface area (Å²) in [4.78, 5) is 8.71. The minimum absolute atomic E-state index is 0.508. The lowest BCUT2D eigenvalue weighted by Crippen LogP contribution is -2.21. The third-order valence-corrected chi connectivity index (χ3v) is 4.60. The molecule has 2 heterocycles. The van der Waals surface area contributed by atoms with Crippen molar-refractivity contribution >= 4 is 11.8 Å². The molecule has 5 nitrogen and oxygen atoms in total. The molecule has 128 valence electrons. The average Bonchev–Trinajstić information content (AvgIpc) is 2.68. The number of hydrogen-bond acceptors (Lipinski definition) is 5. The Hall–Kier alpha value is -2.82. The van der Waals surface area contributed by atoms with Crippen LogP contribution in [0.3, 0.4) is 0 Å². The maximum absolute atomic E-state index is 6.13. The molecule has 0 amide bonds. The third-order valence-electron chi connectivity index (χ3n) is 4.60. The molecule has 1 aliphatic carbocycles. The Morgan fingerprint density at radius 2 is 1.96 bits per heavy atom. The molecule has 4 rings (SSSR count). The number of hydrogen-bond donors (Lipinski definition) is 1. The summed E-state index contributed by atoms with van der Waals surface area (Å²) in [6.07, 6.45) is 8.34. The van der Waals surface area contributed by atoms with Crippen molar-refractivity contribution in [1.82, 2.24) is 10.3 Å². The fourth-order valence-electron chi connectivity index (χ4n) is 3.34. The van der Waals surface area contributed by atoms with Gasteiger partial charge in [0.05, 0.1) is 18.2 Å². The quantitative estimate of drug-likeness (QED) is 0.926. The van der Waals surface area contributed by atoms with Crippen molar-refractivity contribution in [3.63, 3.8) is 0 Å². The van der Waals surface area contributed by atoms with Gasteiger partial charge in [0.25, 0.3) is 0 Å². The van der Waals surface area contributed by atoms with Crippen LogP contribution in [-0.2, 0) is 17.6 Å². The van der Waals surface area contributed by atoms with E-state index >= 15 is 0 Å². The van der Waals surface area contributed by atoms with Gasteiger partial charge in [0.2, 0.25) is 5.88 Å². The summed E-state index contributed by atoms with van der Waals surface area (Å²) in [6, 6.07) is 10.2. The van der Waals surface area contributed by atoms with E-state index in [0.29, 0.717) is 18.4 Å². The SMILES string of the molecule is COC1=C(c2cccnc2Oc2ccc3c(c2)CCCC3)C=NCN1. The number of ether oxygens (including phenoxy) is 2. The van der Waals surface area contributed by atoms with Crippen LogP contribution in [0.4, 0.5) is 0 Å². The predicted molar refractivity (Wildman–Crippen MR) is 97.8 cm³/mol. The van der Waals surface area contributed by atoms with Gasteiger partial charge in [-0.1, -0.05) is 6.07 Å². The summed E-state index contributed by atoms with van der Waals surface area (Å²) in [6.45, 7) is 0.508. The van der Waals surface area contributed by atoms with Gasteiger partial charge in [-0.05, 0) is 61.1 Å². The van der Waals surface area contributed by atoms with Gasteiger partial charge in [-0.25, -0.2) is 4.98 Å². The van der Waals surface area contributed by atoms with Crippen molar-refractivity contribution in [3.05, 3.63) is 59.1 Å². The van der Waals surface area contributed by atoms with E-state index < -0.39 is 0 Å². The third kappa shape index (κ3) is 3.22. The normalized spacial score (nSPS) is 16.2. The lowest BCUT2D eigenvalue weighted by Gasteiger charge is -2.19. The number of aliphatic imine (C=N–C) groups is 1. The van der Waals surface area contributed by atoms with Crippen molar-refractivity contribution in [1.29, 1.82) is 0 Å². The molecular formula is C20H21N3O2. The number of rotatable bonds is 4. The Morgan fingerprint density at radius 3 is 2.84 bits per heavy atom. The highest BCUT2D eigenvalue weighted by Crippen LogP contribution is 2.32. The molecule has 0 radical (unpaired) electrons. The number of allylic oxidation sites excluding steroid dienone is 1. The molecule has 2 aliphatic rings. The van der Waals surface area contributed by atoms with Crippen LogP contribution in [0.1, 0.15) is 29.5 Å². The van der Waals surface area contributed by atoms with Crippen LogP contribution in [0, 0.1) is 0 Å². The minimum atomic E-state index is 0.508. The summed E-state index contributed by atoms with van der Waals surface area (Å²) in [7, 11) is 1.64. The first kappa shape index (κ1) is 15.7. The zero-order chi connectivity index (χ0) is 17.1. The molecule has 0 spiro atoms. The monoisotopic (exact) mass is 335 g/mol. The Balaban J connectivity index is 1.68. The van der Waals surface area contributed by atoms with Crippen LogP contribution >= 0.6 is 0 Å². The number of benzene rings is 1. The molecule has 1 aliphatic heterocycles. The highest BCUT2D eigenvalue weighted by Gasteiger charge is 2.18. The lowest BCUT2D eigenvalue weighted by atomic mass is 9.92. The first-order valence-electron chi connectivity index (χ1n) is 8.62. The van der Waals surface area contributed by atoms with Crippen LogP contribution in [0.15, 0.2) is 47.4 Å². The maximum Gasteiger partial charge on any atom is 0.227 e. The van der Waals surface area contributed by atoms with Gasteiger partial charge in [-0.3, -0.25) is 4.99 Å². The zero-order valence-corrected chi connectivity index (χ0v) is 14.3. The van der Waals surface area contributed by atoms with E-state index in [0.717, 1.165) is 29.7 Å². The molecule has 1 N–H and O–H groups in total. The summed E-state index contributed by atoms with van der Waals surface area (Å²) < 4.78 is 11.6. The molecule has 5 heteroatoms.